The first-order valence-electron chi connectivity index (χ1n) is 4.46. The molecular formula is C9H14FN3O. The molecule has 78 valence electrons. The van der Waals surface area contributed by atoms with Crippen molar-refractivity contribution in [3.8, 4) is 5.88 Å². The highest BCUT2D eigenvalue weighted by Gasteiger charge is 2.07. The van der Waals surface area contributed by atoms with E-state index in [9.17, 15) is 4.39 Å². The number of halogens is 1. The molecule has 0 saturated heterocycles. The van der Waals surface area contributed by atoms with Gasteiger partial charge in [-0.3, -0.25) is 0 Å². The Hall–Kier alpha value is -1.39. The summed E-state index contributed by atoms with van der Waals surface area (Å²) in [7, 11) is 1.67. The van der Waals surface area contributed by atoms with E-state index >= 15 is 0 Å². The molecule has 4 nitrogen and oxygen atoms in total. The summed E-state index contributed by atoms with van der Waals surface area (Å²) < 4.78 is 18.3. The summed E-state index contributed by atoms with van der Waals surface area (Å²) in [4.78, 5) is 7.55. The third kappa shape index (κ3) is 2.83. The van der Waals surface area contributed by atoms with Crippen LogP contribution in [0.1, 0.15) is 13.8 Å². The van der Waals surface area contributed by atoms with Crippen LogP contribution in [0.4, 0.5) is 10.3 Å². The number of aromatic nitrogens is 2. The Bertz CT molecular complexity index is 304. The fourth-order valence-corrected chi connectivity index (χ4v) is 0.819. The fourth-order valence-electron chi connectivity index (χ4n) is 0.819. The molecule has 0 atom stereocenters. The number of anilines is 1. The van der Waals surface area contributed by atoms with Crippen LogP contribution in [0.15, 0.2) is 6.20 Å². The van der Waals surface area contributed by atoms with Crippen molar-refractivity contribution >= 4 is 5.95 Å². The Morgan fingerprint density at radius 2 is 2.29 bits per heavy atom. The van der Waals surface area contributed by atoms with Gasteiger partial charge in [-0.1, -0.05) is 13.8 Å². The topological polar surface area (TPSA) is 47.0 Å². The van der Waals surface area contributed by atoms with Crippen molar-refractivity contribution in [2.45, 2.75) is 13.8 Å². The van der Waals surface area contributed by atoms with Gasteiger partial charge in [-0.2, -0.15) is 9.37 Å². The Morgan fingerprint density at radius 1 is 1.57 bits per heavy atom. The van der Waals surface area contributed by atoms with Crippen molar-refractivity contribution in [2.75, 3.05) is 19.0 Å². The second-order valence-corrected chi connectivity index (χ2v) is 3.30. The van der Waals surface area contributed by atoms with Crippen LogP contribution < -0.4 is 10.1 Å². The van der Waals surface area contributed by atoms with Crippen molar-refractivity contribution in [1.29, 1.82) is 0 Å². The normalized spacial score (nSPS) is 10.4. The van der Waals surface area contributed by atoms with Crippen LogP contribution in [0.5, 0.6) is 5.88 Å². The monoisotopic (exact) mass is 199 g/mol. The van der Waals surface area contributed by atoms with E-state index in [4.69, 9.17) is 4.74 Å². The molecule has 1 aromatic heterocycles. The molecule has 1 aromatic rings. The van der Waals surface area contributed by atoms with Crippen LogP contribution in [0.3, 0.4) is 0 Å². The first kappa shape index (κ1) is 10.7. The zero-order chi connectivity index (χ0) is 10.6. The van der Waals surface area contributed by atoms with Crippen LogP contribution >= 0.6 is 0 Å². The summed E-state index contributed by atoms with van der Waals surface area (Å²) in [6.07, 6.45) is 1.09. The third-order valence-corrected chi connectivity index (χ3v) is 1.49. The van der Waals surface area contributed by atoms with Gasteiger partial charge in [-0.25, -0.2) is 4.98 Å². The smallest absolute Gasteiger partial charge is 0.255 e. The van der Waals surface area contributed by atoms with E-state index in [1.54, 1.807) is 7.05 Å². The van der Waals surface area contributed by atoms with Gasteiger partial charge in [0, 0.05) is 7.05 Å². The SMILES string of the molecule is CNc1ncc(F)c(OCC(C)C)n1. The van der Waals surface area contributed by atoms with Gasteiger partial charge in [0.1, 0.15) is 0 Å². The molecule has 14 heavy (non-hydrogen) atoms. The van der Waals surface area contributed by atoms with Gasteiger partial charge in [-0.05, 0) is 5.92 Å². The van der Waals surface area contributed by atoms with Crippen LogP contribution in [0.25, 0.3) is 0 Å². The van der Waals surface area contributed by atoms with Crippen LogP contribution in [-0.2, 0) is 0 Å². The van der Waals surface area contributed by atoms with E-state index in [1.807, 2.05) is 13.8 Å². The van der Waals surface area contributed by atoms with Crippen molar-refractivity contribution in [2.24, 2.45) is 5.92 Å². The second-order valence-electron chi connectivity index (χ2n) is 3.30. The molecule has 1 N–H and O–H groups in total. The second kappa shape index (κ2) is 4.74. The van der Waals surface area contributed by atoms with E-state index < -0.39 is 5.82 Å². The van der Waals surface area contributed by atoms with Gasteiger partial charge < -0.3 is 10.1 Å². The lowest BCUT2D eigenvalue weighted by Gasteiger charge is -2.08. The lowest BCUT2D eigenvalue weighted by atomic mass is 10.2. The van der Waals surface area contributed by atoms with Crippen molar-refractivity contribution in [3.05, 3.63) is 12.0 Å². The number of nitrogens with zero attached hydrogens (tertiary/aromatic N) is 2. The molecule has 0 aliphatic carbocycles. The summed E-state index contributed by atoms with van der Waals surface area (Å²) >= 11 is 0. The zero-order valence-corrected chi connectivity index (χ0v) is 8.54. The number of nitrogens with one attached hydrogen (secondary N) is 1. The molecule has 0 radical (unpaired) electrons. The maximum absolute atomic E-state index is 13.1. The summed E-state index contributed by atoms with van der Waals surface area (Å²) in [5.74, 6) is 0.148. The van der Waals surface area contributed by atoms with Crippen LogP contribution in [0, 0.1) is 11.7 Å². The average molecular weight is 199 g/mol. The number of hydrogen-bond donors (Lipinski definition) is 1. The van der Waals surface area contributed by atoms with Crippen LogP contribution in [-0.4, -0.2) is 23.6 Å². The lowest BCUT2D eigenvalue weighted by Crippen LogP contribution is -2.08. The van der Waals surface area contributed by atoms with Gasteiger partial charge >= 0.3 is 0 Å². The summed E-state index contributed by atoms with van der Waals surface area (Å²) in [6.45, 7) is 4.41. The minimum absolute atomic E-state index is 0.00181. The van der Waals surface area contributed by atoms with E-state index in [0.29, 0.717) is 18.5 Å². The number of hydrogen-bond acceptors (Lipinski definition) is 4. The maximum atomic E-state index is 13.1. The first-order valence-corrected chi connectivity index (χ1v) is 4.46. The Morgan fingerprint density at radius 3 is 2.86 bits per heavy atom. The quantitative estimate of drug-likeness (QED) is 0.801. The highest BCUT2D eigenvalue weighted by Crippen LogP contribution is 2.14. The molecule has 0 saturated carbocycles. The molecular weight excluding hydrogens is 185 g/mol. The summed E-state index contributed by atoms with van der Waals surface area (Å²) in [6, 6.07) is 0. The van der Waals surface area contributed by atoms with E-state index in [-0.39, 0.29) is 5.88 Å². The van der Waals surface area contributed by atoms with Gasteiger partial charge in [0.05, 0.1) is 12.8 Å². The molecule has 0 aliphatic heterocycles. The predicted molar refractivity (Wildman–Crippen MR) is 51.9 cm³/mol. The Balaban J connectivity index is 2.73. The summed E-state index contributed by atoms with van der Waals surface area (Å²) in [5, 5.41) is 2.71. The molecule has 1 heterocycles. The van der Waals surface area contributed by atoms with Crippen molar-refractivity contribution < 1.29 is 9.13 Å². The van der Waals surface area contributed by atoms with E-state index in [1.165, 1.54) is 0 Å². The van der Waals surface area contributed by atoms with Gasteiger partial charge in [0.15, 0.2) is 0 Å². The molecule has 0 spiro atoms. The molecule has 5 heteroatoms. The standard InChI is InChI=1S/C9H14FN3O/c1-6(2)5-14-8-7(10)4-12-9(11-3)13-8/h4,6H,5H2,1-3H3,(H,11,12,13). The fraction of sp³-hybridized carbons (Fsp3) is 0.556. The third-order valence-electron chi connectivity index (χ3n) is 1.49. The molecule has 0 aromatic carbocycles. The van der Waals surface area contributed by atoms with Crippen molar-refractivity contribution in [3.63, 3.8) is 0 Å². The molecule has 0 aliphatic rings. The molecule has 0 fully saturated rings. The predicted octanol–water partition coefficient (Wildman–Crippen LogP) is 1.69. The zero-order valence-electron chi connectivity index (χ0n) is 8.54. The maximum Gasteiger partial charge on any atom is 0.255 e. The van der Waals surface area contributed by atoms with Crippen LogP contribution in [0.2, 0.25) is 0 Å². The number of ether oxygens (including phenoxy) is 1. The average Bonchev–Trinajstić information content (AvgIpc) is 2.16. The number of rotatable bonds is 4. The molecule has 0 bridgehead atoms. The summed E-state index contributed by atoms with van der Waals surface area (Å²) in [5.41, 5.74) is 0. The highest BCUT2D eigenvalue weighted by molar-refractivity contribution is 5.27. The minimum Gasteiger partial charge on any atom is -0.475 e. The molecule has 1 rings (SSSR count). The molecule has 0 amide bonds. The Labute approximate surface area is 82.5 Å². The van der Waals surface area contributed by atoms with Gasteiger partial charge in [0.2, 0.25) is 11.8 Å². The minimum atomic E-state index is -0.537. The highest BCUT2D eigenvalue weighted by atomic mass is 19.1. The van der Waals surface area contributed by atoms with Crippen molar-refractivity contribution in [1.82, 2.24) is 9.97 Å². The van der Waals surface area contributed by atoms with E-state index in [0.717, 1.165) is 6.20 Å². The largest absolute Gasteiger partial charge is 0.475 e. The first-order chi connectivity index (χ1) is 6.63. The van der Waals surface area contributed by atoms with Gasteiger partial charge in [-0.15, -0.1) is 0 Å². The van der Waals surface area contributed by atoms with Gasteiger partial charge in [0.25, 0.3) is 5.88 Å². The lowest BCUT2D eigenvalue weighted by molar-refractivity contribution is 0.248. The van der Waals surface area contributed by atoms with E-state index in [2.05, 4.69) is 15.3 Å². The molecule has 0 unspecified atom stereocenters. The Kier molecular flexibility index (Phi) is 3.62.